The second kappa shape index (κ2) is 7.06. The van der Waals surface area contributed by atoms with Crippen molar-refractivity contribution in [2.75, 3.05) is 0 Å². The zero-order valence-electron chi connectivity index (χ0n) is 11.7. The molecule has 1 aliphatic carbocycles. The topological polar surface area (TPSA) is 53.2 Å². The quantitative estimate of drug-likeness (QED) is 0.748. The van der Waals surface area contributed by atoms with Crippen molar-refractivity contribution >= 4 is 11.7 Å². The molecule has 1 saturated carbocycles. The molecule has 0 atom stereocenters. The van der Waals surface area contributed by atoms with Gasteiger partial charge in [-0.1, -0.05) is 31.9 Å². The fourth-order valence-electron chi connectivity index (χ4n) is 2.45. The molecule has 6 heteroatoms. The molecular weight excluding hydrogens is 276 g/mol. The zero-order valence-corrected chi connectivity index (χ0v) is 11.7. The average molecular weight is 295 g/mol. The lowest BCUT2D eigenvalue weighted by molar-refractivity contribution is 0.230. The number of nitrogens with one attached hydrogen (secondary N) is 3. The Morgan fingerprint density at radius 3 is 2.33 bits per heavy atom. The summed E-state index contributed by atoms with van der Waals surface area (Å²) in [6, 6.07) is 3.25. The molecule has 3 N–H and O–H groups in total. The van der Waals surface area contributed by atoms with Crippen LogP contribution < -0.4 is 16.2 Å². The Balaban J connectivity index is 1.84. The van der Waals surface area contributed by atoms with E-state index < -0.39 is 17.7 Å². The average Bonchev–Trinajstić information content (AvgIpc) is 2.46. The van der Waals surface area contributed by atoms with Gasteiger partial charge in [0.1, 0.15) is 11.6 Å². The fourth-order valence-corrected chi connectivity index (χ4v) is 2.45. The summed E-state index contributed by atoms with van der Waals surface area (Å²) in [6.45, 7) is 3.53. The van der Waals surface area contributed by atoms with Gasteiger partial charge in [0.05, 0.1) is 11.3 Å². The van der Waals surface area contributed by atoms with Gasteiger partial charge in [-0.3, -0.25) is 10.9 Å². The van der Waals surface area contributed by atoms with Crippen LogP contribution >= 0.6 is 0 Å². The summed E-state index contributed by atoms with van der Waals surface area (Å²) in [5.74, 6) is -1.47. The number of halogens is 2. The number of amides is 2. The van der Waals surface area contributed by atoms with Crippen LogP contribution in [0, 0.1) is 11.6 Å². The molecule has 21 heavy (non-hydrogen) atoms. The van der Waals surface area contributed by atoms with Crippen molar-refractivity contribution in [2.24, 2.45) is 0 Å². The first-order valence-electron chi connectivity index (χ1n) is 7.03. The van der Waals surface area contributed by atoms with Gasteiger partial charge < -0.3 is 5.32 Å². The Morgan fingerprint density at radius 1 is 1.10 bits per heavy atom. The molecule has 0 spiro atoms. The van der Waals surface area contributed by atoms with E-state index in [1.165, 1.54) is 12.5 Å². The largest absolute Gasteiger partial charge is 0.334 e. The molecule has 0 heterocycles. The predicted octanol–water partition coefficient (Wildman–Crippen LogP) is 3.07. The molecule has 4 nitrogen and oxygen atoms in total. The van der Waals surface area contributed by atoms with E-state index in [2.05, 4.69) is 22.7 Å². The van der Waals surface area contributed by atoms with Gasteiger partial charge in [0.25, 0.3) is 0 Å². The summed E-state index contributed by atoms with van der Waals surface area (Å²) in [4.78, 5) is 11.7. The Bertz CT molecular complexity index is 507. The van der Waals surface area contributed by atoms with Gasteiger partial charge in [-0.2, -0.15) is 0 Å². The van der Waals surface area contributed by atoms with Crippen LogP contribution in [0.1, 0.15) is 37.7 Å². The van der Waals surface area contributed by atoms with Crippen LogP contribution in [-0.4, -0.2) is 12.1 Å². The highest BCUT2D eigenvalue weighted by molar-refractivity contribution is 5.75. The molecule has 2 amide bonds. The Morgan fingerprint density at radius 2 is 1.71 bits per heavy atom. The number of hydrogen-bond donors (Lipinski definition) is 3. The number of carbonyl (C=O) groups is 1. The van der Waals surface area contributed by atoms with Gasteiger partial charge in [0, 0.05) is 6.04 Å². The van der Waals surface area contributed by atoms with Gasteiger partial charge in [0.15, 0.2) is 0 Å². The van der Waals surface area contributed by atoms with Crippen LogP contribution in [0.3, 0.4) is 0 Å². The van der Waals surface area contributed by atoms with Crippen molar-refractivity contribution in [1.82, 2.24) is 16.2 Å². The summed E-state index contributed by atoms with van der Waals surface area (Å²) in [5, 5.41) is 2.81. The van der Waals surface area contributed by atoms with E-state index in [0.29, 0.717) is 0 Å². The molecule has 114 valence electrons. The third kappa shape index (κ3) is 4.18. The first kappa shape index (κ1) is 15.3. The smallest absolute Gasteiger partial charge is 0.333 e. The minimum Gasteiger partial charge on any atom is -0.334 e. The lowest BCUT2D eigenvalue weighted by atomic mass is 9.96. The third-order valence-electron chi connectivity index (χ3n) is 3.53. The summed E-state index contributed by atoms with van der Waals surface area (Å²) < 4.78 is 27.1. The van der Waals surface area contributed by atoms with Crippen LogP contribution in [0.25, 0.3) is 5.70 Å². The molecule has 1 aliphatic rings. The standard InChI is InChI=1S/C15H19F2N3O/c1-10(14-12(16)8-5-9-13(14)17)19-20-15(21)18-11-6-3-2-4-7-11/h5,8-9,11,19H,1-4,6-7H2,(H2,18,20,21). The molecule has 1 fully saturated rings. The highest BCUT2D eigenvalue weighted by Crippen LogP contribution is 2.18. The number of benzene rings is 1. The minimum absolute atomic E-state index is 0.0376. The molecule has 0 unspecified atom stereocenters. The third-order valence-corrected chi connectivity index (χ3v) is 3.53. The van der Waals surface area contributed by atoms with E-state index in [9.17, 15) is 13.6 Å². The van der Waals surface area contributed by atoms with Gasteiger partial charge in [-0.05, 0) is 25.0 Å². The number of hydrazine groups is 1. The van der Waals surface area contributed by atoms with Crippen LogP contribution in [0.2, 0.25) is 0 Å². The van der Waals surface area contributed by atoms with Crippen LogP contribution in [0.15, 0.2) is 24.8 Å². The first-order chi connectivity index (χ1) is 10.1. The molecular formula is C15H19F2N3O. The van der Waals surface area contributed by atoms with Crippen molar-refractivity contribution in [3.8, 4) is 0 Å². The maximum Gasteiger partial charge on any atom is 0.333 e. The molecule has 0 aromatic heterocycles. The van der Waals surface area contributed by atoms with E-state index in [4.69, 9.17) is 0 Å². The van der Waals surface area contributed by atoms with Crippen LogP contribution in [0.5, 0.6) is 0 Å². The maximum absolute atomic E-state index is 13.5. The van der Waals surface area contributed by atoms with Gasteiger partial charge in [0.2, 0.25) is 0 Å². The number of urea groups is 1. The molecule has 1 aromatic carbocycles. The van der Waals surface area contributed by atoms with Crippen LogP contribution in [-0.2, 0) is 0 Å². The van der Waals surface area contributed by atoms with Gasteiger partial charge in [-0.15, -0.1) is 0 Å². The Hall–Kier alpha value is -2.11. The van der Waals surface area contributed by atoms with E-state index in [1.54, 1.807) is 0 Å². The molecule has 2 rings (SSSR count). The molecule has 1 aromatic rings. The monoisotopic (exact) mass is 295 g/mol. The number of rotatable bonds is 4. The first-order valence-corrected chi connectivity index (χ1v) is 7.03. The molecule has 0 saturated heterocycles. The highest BCUT2D eigenvalue weighted by atomic mass is 19.1. The highest BCUT2D eigenvalue weighted by Gasteiger charge is 2.16. The van der Waals surface area contributed by atoms with Crippen LogP contribution in [0.4, 0.5) is 13.6 Å². The van der Waals surface area contributed by atoms with Crippen molar-refractivity contribution < 1.29 is 13.6 Å². The van der Waals surface area contributed by atoms with Crippen molar-refractivity contribution in [1.29, 1.82) is 0 Å². The summed E-state index contributed by atoms with van der Waals surface area (Å²) >= 11 is 0. The molecule has 0 aliphatic heterocycles. The molecule has 0 radical (unpaired) electrons. The second-order valence-corrected chi connectivity index (χ2v) is 5.13. The van der Waals surface area contributed by atoms with E-state index in [-0.39, 0.29) is 17.3 Å². The van der Waals surface area contributed by atoms with Crippen molar-refractivity contribution in [3.05, 3.63) is 42.0 Å². The van der Waals surface area contributed by atoms with E-state index in [0.717, 1.165) is 37.8 Å². The Labute approximate surface area is 122 Å². The van der Waals surface area contributed by atoms with Crippen molar-refractivity contribution in [3.63, 3.8) is 0 Å². The van der Waals surface area contributed by atoms with Crippen molar-refractivity contribution in [2.45, 2.75) is 38.1 Å². The molecule has 0 bridgehead atoms. The minimum atomic E-state index is -0.734. The normalized spacial score (nSPS) is 15.3. The summed E-state index contributed by atoms with van der Waals surface area (Å²) in [5.41, 5.74) is 4.46. The predicted molar refractivity (Wildman–Crippen MR) is 77.1 cm³/mol. The Kier molecular flexibility index (Phi) is 5.14. The van der Waals surface area contributed by atoms with E-state index in [1.807, 2.05) is 0 Å². The van der Waals surface area contributed by atoms with Gasteiger partial charge in [-0.25, -0.2) is 13.6 Å². The number of carbonyl (C=O) groups excluding carboxylic acids is 1. The summed E-state index contributed by atoms with van der Waals surface area (Å²) in [6.07, 6.45) is 5.31. The van der Waals surface area contributed by atoms with Gasteiger partial charge >= 0.3 is 6.03 Å². The lowest BCUT2D eigenvalue weighted by Crippen LogP contribution is -2.47. The summed E-state index contributed by atoms with van der Waals surface area (Å²) in [7, 11) is 0. The SMILES string of the molecule is C=C(NNC(=O)NC1CCCCC1)c1c(F)cccc1F. The van der Waals surface area contributed by atoms with E-state index >= 15 is 0 Å². The lowest BCUT2D eigenvalue weighted by Gasteiger charge is -2.23. The zero-order chi connectivity index (χ0) is 15.2. The number of hydrogen-bond acceptors (Lipinski definition) is 2. The second-order valence-electron chi connectivity index (χ2n) is 5.13. The fraction of sp³-hybridized carbons (Fsp3) is 0.400. The maximum atomic E-state index is 13.5.